The predicted molar refractivity (Wildman–Crippen MR) is 83.0 cm³/mol. The van der Waals surface area contributed by atoms with Crippen molar-refractivity contribution in [3.63, 3.8) is 0 Å². The lowest BCUT2D eigenvalue weighted by molar-refractivity contribution is 0.573. The van der Waals surface area contributed by atoms with Gasteiger partial charge in [0.2, 0.25) is 0 Å². The van der Waals surface area contributed by atoms with Gasteiger partial charge < -0.3 is 4.57 Å². The van der Waals surface area contributed by atoms with Crippen LogP contribution in [0, 0.1) is 11.3 Å². The molecule has 2 rings (SSSR count). The molecule has 0 atom stereocenters. The molecule has 20 heavy (non-hydrogen) atoms. The fourth-order valence-electron chi connectivity index (χ4n) is 2.30. The Kier molecular flexibility index (Phi) is 5.16. The number of benzene rings is 2. The maximum absolute atomic E-state index is 13.2. The summed E-state index contributed by atoms with van der Waals surface area (Å²) in [5.74, 6) is 0. The molecule has 0 amide bonds. The van der Waals surface area contributed by atoms with Gasteiger partial charge in [0.15, 0.2) is 0 Å². The van der Waals surface area contributed by atoms with Gasteiger partial charge in [-0.05, 0) is 11.1 Å². The first-order chi connectivity index (χ1) is 9.72. The van der Waals surface area contributed by atoms with Gasteiger partial charge in [0.25, 0.3) is 0 Å². The van der Waals surface area contributed by atoms with Crippen LogP contribution < -0.4 is 0 Å². The minimum absolute atomic E-state index is 0.358. The van der Waals surface area contributed by atoms with E-state index in [1.807, 2.05) is 60.7 Å². The molecule has 2 aromatic rings. The van der Waals surface area contributed by atoms with Gasteiger partial charge in [0.05, 0.1) is 13.2 Å². The molecule has 0 aliphatic heterocycles. The van der Waals surface area contributed by atoms with Crippen LogP contribution in [0.4, 0.5) is 0 Å². The molecule has 3 heteroatoms. The van der Waals surface area contributed by atoms with E-state index in [-0.39, 0.29) is 0 Å². The van der Waals surface area contributed by atoms with Crippen molar-refractivity contribution < 1.29 is 4.57 Å². The van der Waals surface area contributed by atoms with Crippen molar-refractivity contribution in [2.75, 3.05) is 6.16 Å². The van der Waals surface area contributed by atoms with Crippen molar-refractivity contribution in [3.05, 3.63) is 71.8 Å². The number of hydrogen-bond acceptors (Lipinski definition) is 2. The lowest BCUT2D eigenvalue weighted by Gasteiger charge is -2.17. The van der Waals surface area contributed by atoms with Crippen LogP contribution in [-0.4, -0.2) is 6.16 Å². The van der Waals surface area contributed by atoms with Crippen LogP contribution in [0.2, 0.25) is 0 Å². The summed E-state index contributed by atoms with van der Waals surface area (Å²) in [6.45, 7) is 0. The maximum Gasteiger partial charge on any atom is 0.0971 e. The highest BCUT2D eigenvalue weighted by atomic mass is 31.2. The van der Waals surface area contributed by atoms with Crippen LogP contribution in [0.25, 0.3) is 0 Å². The highest BCUT2D eigenvalue weighted by Crippen LogP contribution is 2.52. The largest absolute Gasteiger partial charge is 0.323 e. The van der Waals surface area contributed by atoms with Crippen molar-refractivity contribution in [1.82, 2.24) is 0 Å². The summed E-state index contributed by atoms with van der Waals surface area (Å²) >= 11 is 0. The van der Waals surface area contributed by atoms with Crippen molar-refractivity contribution in [3.8, 4) is 6.07 Å². The summed E-state index contributed by atoms with van der Waals surface area (Å²) in [5, 5.41) is 8.79. The van der Waals surface area contributed by atoms with Gasteiger partial charge in [-0.25, -0.2) is 0 Å². The number of nitriles is 1. The van der Waals surface area contributed by atoms with E-state index in [4.69, 9.17) is 5.26 Å². The van der Waals surface area contributed by atoms with Gasteiger partial charge in [0, 0.05) is 24.9 Å². The minimum atomic E-state index is -2.40. The van der Waals surface area contributed by atoms with Crippen LogP contribution in [0.3, 0.4) is 0 Å². The van der Waals surface area contributed by atoms with Crippen molar-refractivity contribution in [2.24, 2.45) is 0 Å². The molecule has 2 nitrogen and oxygen atoms in total. The molecule has 0 unspecified atom stereocenters. The monoisotopic (exact) mass is 283 g/mol. The first kappa shape index (κ1) is 14.6. The van der Waals surface area contributed by atoms with E-state index in [2.05, 4.69) is 6.07 Å². The second-order valence-corrected chi connectivity index (χ2v) is 8.17. The molecular weight excluding hydrogens is 265 g/mol. The average molecular weight is 283 g/mol. The van der Waals surface area contributed by atoms with Crippen molar-refractivity contribution in [1.29, 1.82) is 5.26 Å². The SMILES string of the molecule is N#CCCP(=O)(Cc1ccccc1)Cc1ccccc1. The Morgan fingerprint density at radius 2 is 1.30 bits per heavy atom. The summed E-state index contributed by atoms with van der Waals surface area (Å²) in [6, 6.07) is 21.9. The normalized spacial score (nSPS) is 10.9. The molecule has 0 radical (unpaired) electrons. The van der Waals surface area contributed by atoms with Crippen LogP contribution in [0.5, 0.6) is 0 Å². The van der Waals surface area contributed by atoms with E-state index < -0.39 is 7.14 Å². The Morgan fingerprint density at radius 1 is 0.850 bits per heavy atom. The molecule has 0 saturated heterocycles. The van der Waals surface area contributed by atoms with Crippen LogP contribution in [0.15, 0.2) is 60.7 Å². The molecule has 0 heterocycles. The fraction of sp³-hybridized carbons (Fsp3) is 0.235. The van der Waals surface area contributed by atoms with Gasteiger partial charge in [-0.2, -0.15) is 5.26 Å². The van der Waals surface area contributed by atoms with Crippen LogP contribution in [0.1, 0.15) is 17.5 Å². The molecule has 0 aliphatic rings. The van der Waals surface area contributed by atoms with Gasteiger partial charge in [0.1, 0.15) is 0 Å². The lowest BCUT2D eigenvalue weighted by Crippen LogP contribution is -1.98. The zero-order chi connectivity index (χ0) is 14.3. The van der Waals surface area contributed by atoms with Crippen molar-refractivity contribution in [2.45, 2.75) is 18.7 Å². The van der Waals surface area contributed by atoms with Gasteiger partial charge >= 0.3 is 0 Å². The number of nitrogens with zero attached hydrogens (tertiary/aromatic N) is 1. The van der Waals surface area contributed by atoms with Gasteiger partial charge in [-0.15, -0.1) is 0 Å². The number of rotatable bonds is 6. The third-order valence-corrected chi connectivity index (χ3v) is 6.18. The first-order valence-electron chi connectivity index (χ1n) is 6.74. The smallest absolute Gasteiger partial charge is 0.0971 e. The summed E-state index contributed by atoms with van der Waals surface area (Å²) in [6.07, 6.45) is 2.00. The molecule has 0 saturated carbocycles. The third-order valence-electron chi connectivity index (χ3n) is 3.26. The molecule has 0 spiro atoms. The Labute approximate surface area is 120 Å². The topological polar surface area (TPSA) is 40.9 Å². The van der Waals surface area contributed by atoms with E-state index >= 15 is 0 Å². The Balaban J connectivity index is 2.17. The highest BCUT2D eigenvalue weighted by molar-refractivity contribution is 7.62. The zero-order valence-electron chi connectivity index (χ0n) is 11.4. The molecule has 0 fully saturated rings. The highest BCUT2D eigenvalue weighted by Gasteiger charge is 2.22. The van der Waals surface area contributed by atoms with Crippen LogP contribution >= 0.6 is 7.14 Å². The van der Waals surface area contributed by atoms with Crippen LogP contribution in [-0.2, 0) is 16.9 Å². The quantitative estimate of drug-likeness (QED) is 0.723. The molecule has 0 aliphatic carbocycles. The molecular formula is C17H18NOP. The molecule has 0 bridgehead atoms. The average Bonchev–Trinajstić information content (AvgIpc) is 2.47. The molecule has 0 aromatic heterocycles. The third kappa shape index (κ3) is 4.37. The maximum atomic E-state index is 13.2. The number of hydrogen-bond donors (Lipinski definition) is 0. The second kappa shape index (κ2) is 7.08. The Bertz CT molecular complexity index is 571. The predicted octanol–water partition coefficient (Wildman–Crippen LogP) is 4.66. The minimum Gasteiger partial charge on any atom is -0.323 e. The Morgan fingerprint density at radius 3 is 1.70 bits per heavy atom. The standard InChI is InChI=1S/C17H18NOP/c18-12-7-13-20(19,14-16-8-3-1-4-9-16)15-17-10-5-2-6-11-17/h1-6,8-11H,7,13-15H2. The molecule has 0 N–H and O–H groups in total. The van der Waals surface area contributed by atoms with Gasteiger partial charge in [-0.1, -0.05) is 60.7 Å². The molecule has 102 valence electrons. The van der Waals surface area contributed by atoms with E-state index in [0.717, 1.165) is 11.1 Å². The Hall–Kier alpha value is -1.84. The molecule has 2 aromatic carbocycles. The van der Waals surface area contributed by atoms with E-state index in [1.54, 1.807) is 0 Å². The van der Waals surface area contributed by atoms with E-state index in [0.29, 0.717) is 24.9 Å². The van der Waals surface area contributed by atoms with E-state index in [1.165, 1.54) is 0 Å². The lowest BCUT2D eigenvalue weighted by atomic mass is 10.2. The second-order valence-electron chi connectivity index (χ2n) is 4.98. The zero-order valence-corrected chi connectivity index (χ0v) is 12.3. The van der Waals surface area contributed by atoms with Gasteiger partial charge in [-0.3, -0.25) is 0 Å². The summed E-state index contributed by atoms with van der Waals surface area (Å²) < 4.78 is 13.2. The van der Waals surface area contributed by atoms with Crippen molar-refractivity contribution >= 4 is 7.14 Å². The van der Waals surface area contributed by atoms with E-state index in [9.17, 15) is 4.57 Å². The summed E-state index contributed by atoms with van der Waals surface area (Å²) in [7, 11) is -2.40. The fourth-order valence-corrected chi connectivity index (χ4v) is 4.99. The summed E-state index contributed by atoms with van der Waals surface area (Å²) in [4.78, 5) is 0. The first-order valence-corrected chi connectivity index (χ1v) is 9.00. The summed E-state index contributed by atoms with van der Waals surface area (Å²) in [5.41, 5.74) is 2.18.